The smallest absolute Gasteiger partial charge is 0.326 e. The number of benzene rings is 3. The molecule has 0 radical (unpaired) electrons. The number of nitrogens with one attached hydrogen (secondary N) is 1. The molecule has 0 aliphatic carbocycles. The van der Waals surface area contributed by atoms with Crippen molar-refractivity contribution in [2.45, 2.75) is 19.4 Å². The average molecular weight is 414 g/mol. The molecule has 1 fully saturated rings. The number of rotatable bonds is 5. The van der Waals surface area contributed by atoms with Crippen LogP contribution in [0.3, 0.4) is 0 Å². The Labute approximate surface area is 183 Å². The minimum absolute atomic E-state index is 0.183. The largest absolute Gasteiger partial charge is 0.369 e. The minimum Gasteiger partial charge on any atom is -0.369 e. The number of amides is 2. The van der Waals surface area contributed by atoms with Crippen molar-refractivity contribution in [3.63, 3.8) is 0 Å². The third-order valence-corrected chi connectivity index (χ3v) is 5.29. The van der Waals surface area contributed by atoms with E-state index >= 15 is 0 Å². The third kappa shape index (κ3) is 5.22. The second-order valence-corrected chi connectivity index (χ2v) is 7.50. The van der Waals surface area contributed by atoms with Gasteiger partial charge in [-0.2, -0.15) is 0 Å². The number of hydrogen-bond acceptors (Lipinski definition) is 2. The van der Waals surface area contributed by atoms with Gasteiger partial charge < -0.3 is 16.0 Å². The lowest BCUT2D eigenvalue weighted by Gasteiger charge is -2.23. The minimum atomic E-state index is -0.183. The van der Waals surface area contributed by atoms with Crippen LogP contribution in [0.2, 0.25) is 0 Å². The lowest BCUT2D eigenvalue weighted by Crippen LogP contribution is -2.36. The van der Waals surface area contributed by atoms with Crippen LogP contribution in [-0.2, 0) is 6.54 Å². The molecule has 0 aromatic heterocycles. The van der Waals surface area contributed by atoms with Crippen molar-refractivity contribution in [1.29, 1.82) is 0 Å². The highest BCUT2D eigenvalue weighted by atomic mass is 16.2. The van der Waals surface area contributed by atoms with Crippen molar-refractivity contribution >= 4 is 29.1 Å². The summed E-state index contributed by atoms with van der Waals surface area (Å²) >= 11 is 0. The van der Waals surface area contributed by atoms with Crippen molar-refractivity contribution < 1.29 is 4.79 Å². The van der Waals surface area contributed by atoms with Crippen LogP contribution in [-0.4, -0.2) is 30.0 Å². The first-order chi connectivity index (χ1) is 15.2. The molecule has 3 aromatic rings. The van der Waals surface area contributed by atoms with E-state index in [2.05, 4.69) is 15.2 Å². The third-order valence-electron chi connectivity index (χ3n) is 5.29. The number of urea groups is 1. The molecule has 31 heavy (non-hydrogen) atoms. The quantitative estimate of drug-likeness (QED) is 0.467. The predicted octanol–water partition coefficient (Wildman–Crippen LogP) is 4.78. The van der Waals surface area contributed by atoms with Crippen LogP contribution in [0.5, 0.6) is 0 Å². The normalized spacial score (nSPS) is 13.8. The fourth-order valence-corrected chi connectivity index (χ4v) is 3.63. The Kier molecular flexibility index (Phi) is 6.47. The molecule has 0 spiro atoms. The zero-order valence-corrected chi connectivity index (χ0v) is 17.4. The molecule has 1 aliphatic rings. The highest BCUT2D eigenvalue weighted by molar-refractivity contribution is 5.99. The molecule has 1 heterocycles. The Morgan fingerprint density at radius 2 is 1.42 bits per heavy atom. The van der Waals surface area contributed by atoms with Gasteiger partial charge in [-0.15, -0.1) is 0 Å². The predicted molar refractivity (Wildman–Crippen MR) is 126 cm³/mol. The Hall–Kier alpha value is -3.80. The van der Waals surface area contributed by atoms with Gasteiger partial charge in [0.1, 0.15) is 0 Å². The number of carbonyl (C=O) groups excluding carboxylic acids is 1. The maximum atomic E-state index is 13.0. The van der Waals surface area contributed by atoms with Crippen molar-refractivity contribution in [3.05, 3.63) is 90.5 Å². The summed E-state index contributed by atoms with van der Waals surface area (Å²) in [7, 11) is 0. The molecule has 3 aromatic carbocycles. The Balaban J connectivity index is 1.42. The summed E-state index contributed by atoms with van der Waals surface area (Å²) in [6.07, 6.45) is 2.33. The zero-order valence-electron chi connectivity index (χ0n) is 17.4. The first-order valence-corrected chi connectivity index (χ1v) is 10.6. The number of carbonyl (C=O) groups is 1. The zero-order chi connectivity index (χ0) is 21.5. The van der Waals surface area contributed by atoms with Crippen LogP contribution in [0.15, 0.2) is 89.9 Å². The summed E-state index contributed by atoms with van der Waals surface area (Å²) in [6, 6.07) is 26.8. The van der Waals surface area contributed by atoms with E-state index in [-0.39, 0.29) is 6.03 Å². The van der Waals surface area contributed by atoms with E-state index < -0.39 is 0 Å². The maximum Gasteiger partial charge on any atom is 0.326 e. The van der Waals surface area contributed by atoms with Gasteiger partial charge in [-0.05, 0) is 54.8 Å². The molecule has 4 rings (SSSR count). The van der Waals surface area contributed by atoms with Crippen LogP contribution < -0.4 is 16.0 Å². The van der Waals surface area contributed by atoms with Gasteiger partial charge in [-0.3, -0.25) is 4.90 Å². The summed E-state index contributed by atoms with van der Waals surface area (Å²) in [5.41, 5.74) is 9.54. The fourth-order valence-electron chi connectivity index (χ4n) is 3.63. The van der Waals surface area contributed by atoms with Crippen LogP contribution in [0.4, 0.5) is 21.9 Å². The van der Waals surface area contributed by atoms with Crippen molar-refractivity contribution in [2.24, 2.45) is 10.7 Å². The summed E-state index contributed by atoms with van der Waals surface area (Å²) < 4.78 is 0. The maximum absolute atomic E-state index is 13.0. The lowest BCUT2D eigenvalue weighted by molar-refractivity contribution is 0.248. The van der Waals surface area contributed by atoms with Gasteiger partial charge in [0.2, 0.25) is 0 Å². The van der Waals surface area contributed by atoms with E-state index in [1.165, 1.54) is 0 Å². The van der Waals surface area contributed by atoms with E-state index in [4.69, 9.17) is 5.73 Å². The van der Waals surface area contributed by atoms with E-state index in [0.717, 1.165) is 48.6 Å². The van der Waals surface area contributed by atoms with Crippen molar-refractivity contribution in [2.75, 3.05) is 18.0 Å². The number of nitrogens with two attached hydrogens (primary N) is 1. The highest BCUT2D eigenvalue weighted by Gasteiger charge is 2.17. The number of para-hydroxylation sites is 2. The SMILES string of the molecule is NC(=Nc1ccc(CNC(=O)N(c2ccccc2)c2ccccc2)cc1)N1CCCC1. The molecule has 3 N–H and O–H groups in total. The first-order valence-electron chi connectivity index (χ1n) is 10.6. The average Bonchev–Trinajstić information content (AvgIpc) is 3.36. The van der Waals surface area contributed by atoms with E-state index in [0.29, 0.717) is 12.5 Å². The van der Waals surface area contributed by atoms with Crippen LogP contribution in [0.25, 0.3) is 0 Å². The molecular weight excluding hydrogens is 386 g/mol. The van der Waals surface area contributed by atoms with Crippen molar-refractivity contribution in [3.8, 4) is 0 Å². The number of guanidine groups is 1. The standard InChI is InChI=1S/C25H27N5O/c26-24(29-17-7-8-18-29)28-21-15-13-20(14-16-21)19-27-25(31)30(22-9-3-1-4-10-22)23-11-5-2-6-12-23/h1-6,9-16H,7-8,17-19H2,(H2,26,28)(H,27,31). The summed E-state index contributed by atoms with van der Waals surface area (Å²) in [5.74, 6) is 0.569. The molecular formula is C25H27N5O. The van der Waals surface area contributed by atoms with Gasteiger partial charge in [0.05, 0.1) is 17.1 Å². The summed E-state index contributed by atoms with van der Waals surface area (Å²) in [5, 5.41) is 3.02. The monoisotopic (exact) mass is 413 g/mol. The number of nitrogens with zero attached hydrogens (tertiary/aromatic N) is 3. The Bertz CT molecular complexity index is 973. The van der Waals surface area contributed by atoms with Gasteiger partial charge in [0.25, 0.3) is 0 Å². The number of anilines is 2. The molecule has 0 unspecified atom stereocenters. The van der Waals surface area contributed by atoms with Gasteiger partial charge >= 0.3 is 6.03 Å². The van der Waals surface area contributed by atoms with Gasteiger partial charge in [0, 0.05) is 19.6 Å². The molecule has 0 saturated carbocycles. The summed E-state index contributed by atoms with van der Waals surface area (Å²) in [4.78, 5) is 21.3. The van der Waals surface area contributed by atoms with Crippen LogP contribution >= 0.6 is 0 Å². The molecule has 1 aliphatic heterocycles. The molecule has 1 saturated heterocycles. The first kappa shape index (κ1) is 20.5. The Morgan fingerprint density at radius 3 is 1.97 bits per heavy atom. The van der Waals surface area contributed by atoms with Crippen LogP contribution in [0.1, 0.15) is 18.4 Å². The van der Waals surface area contributed by atoms with Gasteiger partial charge in [-0.1, -0.05) is 48.5 Å². The van der Waals surface area contributed by atoms with Gasteiger partial charge in [-0.25, -0.2) is 9.79 Å². The molecule has 0 atom stereocenters. The second kappa shape index (κ2) is 9.80. The van der Waals surface area contributed by atoms with Crippen LogP contribution in [0, 0.1) is 0 Å². The second-order valence-electron chi connectivity index (χ2n) is 7.50. The topological polar surface area (TPSA) is 74.0 Å². The number of likely N-dealkylation sites (tertiary alicyclic amines) is 1. The highest BCUT2D eigenvalue weighted by Crippen LogP contribution is 2.25. The fraction of sp³-hybridized carbons (Fsp3) is 0.200. The molecule has 6 nitrogen and oxygen atoms in total. The molecule has 2 amide bonds. The number of aliphatic imine (C=N–C) groups is 1. The summed E-state index contributed by atoms with van der Waals surface area (Å²) in [6.45, 7) is 2.36. The lowest BCUT2D eigenvalue weighted by atomic mass is 10.2. The molecule has 0 bridgehead atoms. The van der Waals surface area contributed by atoms with Crippen molar-refractivity contribution in [1.82, 2.24) is 10.2 Å². The van der Waals surface area contributed by atoms with E-state index in [9.17, 15) is 4.79 Å². The number of hydrogen-bond donors (Lipinski definition) is 2. The van der Waals surface area contributed by atoms with Gasteiger partial charge in [0.15, 0.2) is 5.96 Å². The van der Waals surface area contributed by atoms with E-state index in [1.54, 1.807) is 4.90 Å². The molecule has 158 valence electrons. The molecule has 6 heteroatoms. The van der Waals surface area contributed by atoms with E-state index in [1.807, 2.05) is 84.9 Å². The Morgan fingerprint density at radius 1 is 0.871 bits per heavy atom.